The van der Waals surface area contributed by atoms with E-state index in [1.165, 1.54) is 5.56 Å². The zero-order valence-corrected chi connectivity index (χ0v) is 9.14. The van der Waals surface area contributed by atoms with E-state index in [2.05, 4.69) is 10.3 Å². The Morgan fingerprint density at radius 1 is 1.19 bits per heavy atom. The first kappa shape index (κ1) is 10.6. The largest absolute Gasteiger partial charge is 0.392 e. The smallest absolute Gasteiger partial charge is 0.135 e. The number of nitrogens with one attached hydrogen (secondary N) is 1. The average molecular weight is 214 g/mol. The number of benzene rings is 1. The molecule has 0 radical (unpaired) electrons. The van der Waals surface area contributed by atoms with E-state index in [9.17, 15) is 0 Å². The molecule has 2 rings (SSSR count). The molecule has 0 saturated carbocycles. The number of aromatic nitrogens is 1. The molecule has 82 valence electrons. The van der Waals surface area contributed by atoms with Crippen molar-refractivity contribution in [1.82, 2.24) is 4.98 Å². The molecular formula is C13H14N2O. The first-order valence-corrected chi connectivity index (χ1v) is 5.18. The number of aryl methyl sites for hydroxylation is 1. The fourth-order valence-corrected chi connectivity index (χ4v) is 1.45. The van der Waals surface area contributed by atoms with Crippen LogP contribution in [0.1, 0.15) is 11.1 Å². The third-order valence-electron chi connectivity index (χ3n) is 2.38. The van der Waals surface area contributed by atoms with Crippen LogP contribution >= 0.6 is 0 Å². The number of hydrogen-bond donors (Lipinski definition) is 2. The molecule has 2 aromatic rings. The van der Waals surface area contributed by atoms with Crippen LogP contribution in [0.5, 0.6) is 0 Å². The standard InChI is InChI=1S/C13H14N2O/c1-10-4-6-12(7-5-10)15-13-11(9-16)3-2-8-14-13/h2-8,16H,9H2,1H3,(H,14,15). The molecule has 1 aromatic carbocycles. The number of aliphatic hydroxyl groups is 1. The molecule has 16 heavy (non-hydrogen) atoms. The predicted molar refractivity (Wildman–Crippen MR) is 64.6 cm³/mol. The number of pyridine rings is 1. The van der Waals surface area contributed by atoms with Gasteiger partial charge in [0.15, 0.2) is 0 Å². The molecular weight excluding hydrogens is 200 g/mol. The zero-order valence-electron chi connectivity index (χ0n) is 9.14. The van der Waals surface area contributed by atoms with Crippen LogP contribution in [0.4, 0.5) is 11.5 Å². The van der Waals surface area contributed by atoms with E-state index >= 15 is 0 Å². The van der Waals surface area contributed by atoms with Crippen LogP contribution < -0.4 is 5.32 Å². The van der Waals surface area contributed by atoms with Gasteiger partial charge in [0.2, 0.25) is 0 Å². The van der Waals surface area contributed by atoms with Crippen molar-refractivity contribution in [1.29, 1.82) is 0 Å². The molecule has 0 spiro atoms. The van der Waals surface area contributed by atoms with E-state index in [-0.39, 0.29) is 6.61 Å². The maximum Gasteiger partial charge on any atom is 0.135 e. The Morgan fingerprint density at radius 3 is 2.62 bits per heavy atom. The number of anilines is 2. The minimum absolute atomic E-state index is 0.0119. The fraction of sp³-hybridized carbons (Fsp3) is 0.154. The van der Waals surface area contributed by atoms with Crippen LogP contribution in [0.25, 0.3) is 0 Å². The minimum Gasteiger partial charge on any atom is -0.392 e. The van der Waals surface area contributed by atoms with Crippen molar-refractivity contribution >= 4 is 11.5 Å². The average Bonchev–Trinajstić information content (AvgIpc) is 2.33. The quantitative estimate of drug-likeness (QED) is 0.825. The number of nitrogens with zero attached hydrogens (tertiary/aromatic N) is 1. The van der Waals surface area contributed by atoms with Crippen LogP contribution in [-0.2, 0) is 6.61 Å². The lowest BCUT2D eigenvalue weighted by molar-refractivity contribution is 0.282. The molecule has 0 aliphatic carbocycles. The van der Waals surface area contributed by atoms with E-state index in [1.807, 2.05) is 43.3 Å². The second-order valence-electron chi connectivity index (χ2n) is 3.66. The zero-order chi connectivity index (χ0) is 11.4. The van der Waals surface area contributed by atoms with Crippen molar-refractivity contribution in [2.24, 2.45) is 0 Å². The summed E-state index contributed by atoms with van der Waals surface area (Å²) in [6, 6.07) is 11.7. The summed E-state index contributed by atoms with van der Waals surface area (Å²) in [6.45, 7) is 2.03. The Hall–Kier alpha value is -1.87. The Bertz CT molecular complexity index is 466. The summed E-state index contributed by atoms with van der Waals surface area (Å²) in [4.78, 5) is 4.20. The van der Waals surface area contributed by atoms with Gasteiger partial charge in [-0.15, -0.1) is 0 Å². The van der Waals surface area contributed by atoms with E-state index in [4.69, 9.17) is 5.11 Å². The molecule has 0 saturated heterocycles. The SMILES string of the molecule is Cc1ccc(Nc2ncccc2CO)cc1. The molecule has 0 atom stereocenters. The second-order valence-corrected chi connectivity index (χ2v) is 3.66. The molecule has 0 bridgehead atoms. The number of rotatable bonds is 3. The highest BCUT2D eigenvalue weighted by atomic mass is 16.3. The van der Waals surface area contributed by atoms with Gasteiger partial charge < -0.3 is 10.4 Å². The van der Waals surface area contributed by atoms with Gasteiger partial charge in [-0.25, -0.2) is 4.98 Å². The highest BCUT2D eigenvalue weighted by Crippen LogP contribution is 2.18. The molecule has 0 unspecified atom stereocenters. The summed E-state index contributed by atoms with van der Waals surface area (Å²) >= 11 is 0. The number of aliphatic hydroxyl groups excluding tert-OH is 1. The van der Waals surface area contributed by atoms with Crippen LogP contribution in [-0.4, -0.2) is 10.1 Å². The first-order valence-electron chi connectivity index (χ1n) is 5.18. The molecule has 0 amide bonds. The van der Waals surface area contributed by atoms with E-state index in [0.717, 1.165) is 11.3 Å². The summed E-state index contributed by atoms with van der Waals surface area (Å²) in [5, 5.41) is 12.3. The van der Waals surface area contributed by atoms with Crippen LogP contribution in [0.15, 0.2) is 42.6 Å². The fourth-order valence-electron chi connectivity index (χ4n) is 1.45. The molecule has 0 aliphatic heterocycles. The molecule has 0 aliphatic rings. The third kappa shape index (κ3) is 2.38. The molecule has 2 N–H and O–H groups in total. The normalized spacial score (nSPS) is 10.1. The van der Waals surface area contributed by atoms with Gasteiger partial charge in [0.25, 0.3) is 0 Å². The van der Waals surface area contributed by atoms with Gasteiger partial charge in [0.05, 0.1) is 6.61 Å². The molecule has 3 nitrogen and oxygen atoms in total. The monoisotopic (exact) mass is 214 g/mol. The van der Waals surface area contributed by atoms with Gasteiger partial charge in [-0.1, -0.05) is 23.8 Å². The van der Waals surface area contributed by atoms with Crippen molar-refractivity contribution in [2.75, 3.05) is 5.32 Å². The molecule has 1 heterocycles. The highest BCUT2D eigenvalue weighted by molar-refractivity contribution is 5.59. The molecule has 0 fully saturated rings. The highest BCUT2D eigenvalue weighted by Gasteiger charge is 2.01. The molecule has 3 heteroatoms. The van der Waals surface area contributed by atoms with Gasteiger partial charge in [-0.3, -0.25) is 0 Å². The Labute approximate surface area is 94.8 Å². The van der Waals surface area contributed by atoms with E-state index in [1.54, 1.807) is 6.20 Å². The van der Waals surface area contributed by atoms with Gasteiger partial charge in [-0.2, -0.15) is 0 Å². The lowest BCUT2D eigenvalue weighted by Crippen LogP contribution is -1.98. The van der Waals surface area contributed by atoms with E-state index < -0.39 is 0 Å². The van der Waals surface area contributed by atoms with Gasteiger partial charge in [0.1, 0.15) is 5.82 Å². The summed E-state index contributed by atoms with van der Waals surface area (Å²) in [7, 11) is 0. The van der Waals surface area contributed by atoms with Gasteiger partial charge in [-0.05, 0) is 25.1 Å². The lowest BCUT2D eigenvalue weighted by Gasteiger charge is -2.09. The van der Waals surface area contributed by atoms with Crippen molar-refractivity contribution in [3.05, 3.63) is 53.7 Å². The topological polar surface area (TPSA) is 45.2 Å². The van der Waals surface area contributed by atoms with Crippen molar-refractivity contribution in [3.63, 3.8) is 0 Å². The van der Waals surface area contributed by atoms with Crippen LogP contribution in [0.3, 0.4) is 0 Å². The Morgan fingerprint density at radius 2 is 1.94 bits per heavy atom. The van der Waals surface area contributed by atoms with Crippen molar-refractivity contribution in [2.45, 2.75) is 13.5 Å². The summed E-state index contributed by atoms with van der Waals surface area (Å²) in [5.41, 5.74) is 2.98. The minimum atomic E-state index is -0.0119. The summed E-state index contributed by atoms with van der Waals surface area (Å²) in [6.07, 6.45) is 1.70. The predicted octanol–water partition coefficient (Wildman–Crippen LogP) is 2.63. The van der Waals surface area contributed by atoms with Gasteiger partial charge >= 0.3 is 0 Å². The Balaban J connectivity index is 2.23. The van der Waals surface area contributed by atoms with Crippen LogP contribution in [0.2, 0.25) is 0 Å². The number of hydrogen-bond acceptors (Lipinski definition) is 3. The summed E-state index contributed by atoms with van der Waals surface area (Å²) in [5.74, 6) is 0.703. The Kier molecular flexibility index (Phi) is 3.17. The van der Waals surface area contributed by atoms with Crippen molar-refractivity contribution < 1.29 is 5.11 Å². The third-order valence-corrected chi connectivity index (χ3v) is 2.38. The maximum atomic E-state index is 9.16. The molecule has 1 aromatic heterocycles. The maximum absolute atomic E-state index is 9.16. The van der Waals surface area contributed by atoms with E-state index in [0.29, 0.717) is 5.82 Å². The summed E-state index contributed by atoms with van der Waals surface area (Å²) < 4.78 is 0. The lowest BCUT2D eigenvalue weighted by atomic mass is 10.2. The van der Waals surface area contributed by atoms with Gasteiger partial charge in [0, 0.05) is 17.4 Å². The van der Waals surface area contributed by atoms with Crippen molar-refractivity contribution in [3.8, 4) is 0 Å². The first-order chi connectivity index (χ1) is 7.79. The van der Waals surface area contributed by atoms with Crippen LogP contribution in [0, 0.1) is 6.92 Å². The second kappa shape index (κ2) is 4.77.